The predicted octanol–water partition coefficient (Wildman–Crippen LogP) is 2.52. The van der Waals surface area contributed by atoms with Crippen molar-refractivity contribution in [1.82, 2.24) is 14.7 Å². The van der Waals surface area contributed by atoms with Crippen LogP contribution in [0, 0.1) is 6.92 Å². The number of nitrogens with zero attached hydrogens (tertiary/aromatic N) is 2. The standard InChI is InChI=1S/C22H24N4O3/c1-15-6-4-10-20-25-16(12-21(27)26(15)20)13-23-19-9-3-2-8-18(19)22(28)24-14-17-7-5-11-29-17/h2-4,6,8-10,12,17,23H,5,7,11,13-14H2,1H3,(H,24,28)/t17-/m1/s1. The van der Waals surface area contributed by atoms with Gasteiger partial charge in [-0.3, -0.25) is 14.0 Å². The minimum atomic E-state index is -0.147. The molecule has 1 aliphatic rings. The van der Waals surface area contributed by atoms with Crippen molar-refractivity contribution < 1.29 is 9.53 Å². The molecule has 7 heteroatoms. The van der Waals surface area contributed by atoms with Crippen LogP contribution in [0.4, 0.5) is 5.69 Å². The van der Waals surface area contributed by atoms with Crippen LogP contribution in [0.5, 0.6) is 0 Å². The summed E-state index contributed by atoms with van der Waals surface area (Å²) in [6, 6.07) is 14.4. The molecule has 29 heavy (non-hydrogen) atoms. The van der Waals surface area contributed by atoms with Gasteiger partial charge in [-0.2, -0.15) is 0 Å². The summed E-state index contributed by atoms with van der Waals surface area (Å²) in [6.45, 7) is 3.49. The molecule has 0 spiro atoms. The first kappa shape index (κ1) is 19.1. The van der Waals surface area contributed by atoms with Crippen molar-refractivity contribution in [3.63, 3.8) is 0 Å². The number of carbonyl (C=O) groups excluding carboxylic acids is 1. The van der Waals surface area contributed by atoms with Gasteiger partial charge in [0.25, 0.3) is 11.5 Å². The molecule has 150 valence electrons. The number of rotatable bonds is 6. The monoisotopic (exact) mass is 392 g/mol. The molecule has 0 aliphatic carbocycles. The highest BCUT2D eigenvalue weighted by Crippen LogP contribution is 2.17. The number of benzene rings is 1. The summed E-state index contributed by atoms with van der Waals surface area (Å²) >= 11 is 0. The van der Waals surface area contributed by atoms with Gasteiger partial charge in [0.15, 0.2) is 0 Å². The second kappa shape index (κ2) is 8.45. The molecule has 1 amide bonds. The van der Waals surface area contributed by atoms with Gasteiger partial charge in [-0.25, -0.2) is 4.98 Å². The fraction of sp³-hybridized carbons (Fsp3) is 0.318. The molecule has 1 aromatic carbocycles. The maximum absolute atomic E-state index is 12.6. The first-order chi connectivity index (χ1) is 14.1. The number of aryl methyl sites for hydroxylation is 1. The second-order valence-electron chi connectivity index (χ2n) is 7.19. The number of nitrogens with one attached hydrogen (secondary N) is 2. The largest absolute Gasteiger partial charge is 0.379 e. The number of pyridine rings is 1. The molecule has 0 saturated carbocycles. The summed E-state index contributed by atoms with van der Waals surface area (Å²) in [5.74, 6) is -0.147. The molecule has 0 radical (unpaired) electrons. The van der Waals surface area contributed by atoms with E-state index in [1.54, 1.807) is 10.5 Å². The van der Waals surface area contributed by atoms with Gasteiger partial charge in [0.1, 0.15) is 5.65 Å². The molecule has 0 unspecified atom stereocenters. The van der Waals surface area contributed by atoms with Crippen molar-refractivity contribution in [2.75, 3.05) is 18.5 Å². The fourth-order valence-corrected chi connectivity index (χ4v) is 3.58. The molecular weight excluding hydrogens is 368 g/mol. The number of amides is 1. The van der Waals surface area contributed by atoms with Crippen LogP contribution >= 0.6 is 0 Å². The Morgan fingerprint density at radius 3 is 2.93 bits per heavy atom. The normalized spacial score (nSPS) is 16.1. The average Bonchev–Trinajstić information content (AvgIpc) is 3.24. The minimum Gasteiger partial charge on any atom is -0.379 e. The summed E-state index contributed by atoms with van der Waals surface area (Å²) in [5, 5.41) is 6.19. The topological polar surface area (TPSA) is 84.7 Å². The van der Waals surface area contributed by atoms with Crippen LogP contribution < -0.4 is 16.2 Å². The molecule has 2 aromatic heterocycles. The van der Waals surface area contributed by atoms with E-state index in [2.05, 4.69) is 15.6 Å². The SMILES string of the molecule is Cc1cccc2nc(CNc3ccccc3C(=O)NC[C@H]3CCCO3)cc(=O)n12. The Kier molecular flexibility index (Phi) is 5.57. The quantitative estimate of drug-likeness (QED) is 0.673. The maximum atomic E-state index is 12.6. The van der Waals surface area contributed by atoms with Crippen molar-refractivity contribution in [3.05, 3.63) is 75.8 Å². The Balaban J connectivity index is 1.48. The van der Waals surface area contributed by atoms with Gasteiger partial charge in [0.05, 0.1) is 23.9 Å². The summed E-state index contributed by atoms with van der Waals surface area (Å²) in [6.07, 6.45) is 2.11. The van der Waals surface area contributed by atoms with Crippen molar-refractivity contribution in [2.24, 2.45) is 0 Å². The molecule has 3 aromatic rings. The number of carbonyl (C=O) groups is 1. The van der Waals surface area contributed by atoms with Gasteiger partial charge in [-0.1, -0.05) is 18.2 Å². The summed E-state index contributed by atoms with van der Waals surface area (Å²) in [5.41, 5.74) is 3.20. The maximum Gasteiger partial charge on any atom is 0.258 e. The highest BCUT2D eigenvalue weighted by atomic mass is 16.5. The Hall–Kier alpha value is -3.19. The van der Waals surface area contributed by atoms with E-state index in [-0.39, 0.29) is 17.6 Å². The number of fused-ring (bicyclic) bond motifs is 1. The number of hydrogen-bond acceptors (Lipinski definition) is 5. The zero-order valence-corrected chi connectivity index (χ0v) is 16.4. The van der Waals surface area contributed by atoms with Gasteiger partial charge >= 0.3 is 0 Å². The van der Waals surface area contributed by atoms with Gasteiger partial charge in [0, 0.05) is 30.6 Å². The molecule has 1 atom stereocenters. The zero-order chi connectivity index (χ0) is 20.2. The average molecular weight is 392 g/mol. The van der Waals surface area contributed by atoms with Crippen LogP contribution in [-0.4, -0.2) is 34.5 Å². The Bertz CT molecular complexity index is 1090. The third kappa shape index (κ3) is 4.30. The van der Waals surface area contributed by atoms with Gasteiger partial charge in [-0.05, 0) is 44.0 Å². The van der Waals surface area contributed by atoms with Gasteiger partial charge in [0.2, 0.25) is 0 Å². The zero-order valence-electron chi connectivity index (χ0n) is 16.4. The van der Waals surface area contributed by atoms with Crippen LogP contribution in [0.25, 0.3) is 5.65 Å². The van der Waals surface area contributed by atoms with E-state index in [1.807, 2.05) is 43.3 Å². The molecule has 2 N–H and O–H groups in total. The second-order valence-corrected chi connectivity index (χ2v) is 7.19. The Labute approximate surface area is 168 Å². The lowest BCUT2D eigenvalue weighted by atomic mass is 10.1. The molecular formula is C22H24N4O3. The molecule has 3 heterocycles. The van der Waals surface area contributed by atoms with Crippen molar-refractivity contribution in [1.29, 1.82) is 0 Å². The fourth-order valence-electron chi connectivity index (χ4n) is 3.58. The van der Waals surface area contributed by atoms with Gasteiger partial charge < -0.3 is 15.4 Å². The van der Waals surface area contributed by atoms with Gasteiger partial charge in [-0.15, -0.1) is 0 Å². The number of anilines is 1. The van der Waals surface area contributed by atoms with E-state index in [9.17, 15) is 9.59 Å². The summed E-state index contributed by atoms with van der Waals surface area (Å²) < 4.78 is 7.14. The number of hydrogen-bond donors (Lipinski definition) is 2. The van der Waals surface area contributed by atoms with E-state index in [1.165, 1.54) is 6.07 Å². The van der Waals surface area contributed by atoms with Crippen molar-refractivity contribution in [3.8, 4) is 0 Å². The first-order valence-corrected chi connectivity index (χ1v) is 9.83. The number of aromatic nitrogens is 2. The smallest absolute Gasteiger partial charge is 0.258 e. The van der Waals surface area contributed by atoms with E-state index >= 15 is 0 Å². The molecule has 1 fully saturated rings. The van der Waals surface area contributed by atoms with E-state index in [0.717, 1.165) is 25.1 Å². The summed E-state index contributed by atoms with van der Waals surface area (Å²) in [4.78, 5) is 29.6. The molecule has 0 bridgehead atoms. The molecule has 7 nitrogen and oxygen atoms in total. The van der Waals surface area contributed by atoms with Crippen LogP contribution in [0.15, 0.2) is 53.3 Å². The number of ether oxygens (including phenoxy) is 1. The number of para-hydroxylation sites is 1. The van der Waals surface area contributed by atoms with Crippen molar-refractivity contribution >= 4 is 17.2 Å². The van der Waals surface area contributed by atoms with Crippen LogP contribution in [-0.2, 0) is 11.3 Å². The lowest BCUT2D eigenvalue weighted by Gasteiger charge is -2.14. The highest BCUT2D eigenvalue weighted by molar-refractivity contribution is 5.99. The third-order valence-electron chi connectivity index (χ3n) is 5.08. The lowest BCUT2D eigenvalue weighted by Crippen LogP contribution is -2.32. The van der Waals surface area contributed by atoms with Crippen molar-refractivity contribution in [2.45, 2.75) is 32.4 Å². The molecule has 4 rings (SSSR count). The van der Waals surface area contributed by atoms with Crippen LogP contribution in [0.2, 0.25) is 0 Å². The first-order valence-electron chi connectivity index (χ1n) is 9.83. The highest BCUT2D eigenvalue weighted by Gasteiger charge is 2.18. The van der Waals surface area contributed by atoms with Crippen LogP contribution in [0.3, 0.4) is 0 Å². The Morgan fingerprint density at radius 1 is 1.24 bits per heavy atom. The third-order valence-corrected chi connectivity index (χ3v) is 5.08. The van der Waals surface area contributed by atoms with E-state index < -0.39 is 0 Å². The summed E-state index contributed by atoms with van der Waals surface area (Å²) in [7, 11) is 0. The minimum absolute atomic E-state index is 0.0947. The molecule has 1 saturated heterocycles. The van der Waals surface area contributed by atoms with E-state index in [0.29, 0.717) is 35.7 Å². The Morgan fingerprint density at radius 2 is 2.10 bits per heavy atom. The lowest BCUT2D eigenvalue weighted by molar-refractivity contribution is 0.0858. The predicted molar refractivity (Wildman–Crippen MR) is 111 cm³/mol. The molecule has 1 aliphatic heterocycles. The van der Waals surface area contributed by atoms with E-state index in [4.69, 9.17) is 4.74 Å². The van der Waals surface area contributed by atoms with Crippen LogP contribution in [0.1, 0.15) is 34.6 Å².